The van der Waals surface area contributed by atoms with Gasteiger partial charge in [-0.2, -0.15) is 0 Å². The number of unbranched alkanes of at least 4 members (excludes halogenated alkanes) is 10. The average Bonchev–Trinajstić information content (AvgIpc) is 2.83. The van der Waals surface area contributed by atoms with Crippen molar-refractivity contribution < 1.29 is 29.2 Å². The third kappa shape index (κ3) is 11.4. The SMILES string of the molecule is CCCCCCOc1c(CCCCC)c(CCCCC)c(O)c(OC(=O)O)c1OCCCCCC. The summed E-state index contributed by atoms with van der Waals surface area (Å²) in [6.45, 7) is 9.59. The maximum atomic E-state index is 11.6. The quantitative estimate of drug-likeness (QED) is 0.101. The molecule has 0 saturated carbocycles. The van der Waals surface area contributed by atoms with Crippen molar-refractivity contribution >= 4 is 6.16 Å². The van der Waals surface area contributed by atoms with Crippen LogP contribution in [0.15, 0.2) is 0 Å². The lowest BCUT2D eigenvalue weighted by molar-refractivity contribution is 0.139. The van der Waals surface area contributed by atoms with Crippen LogP contribution in [0.3, 0.4) is 0 Å². The van der Waals surface area contributed by atoms with E-state index in [0.29, 0.717) is 25.4 Å². The van der Waals surface area contributed by atoms with Gasteiger partial charge in [0.05, 0.1) is 13.2 Å². The molecule has 0 saturated heterocycles. The molecule has 0 aromatic heterocycles. The van der Waals surface area contributed by atoms with E-state index < -0.39 is 6.16 Å². The third-order valence-corrected chi connectivity index (χ3v) is 6.29. The Morgan fingerprint density at radius 2 is 1.06 bits per heavy atom. The number of aromatic hydroxyl groups is 1. The van der Waals surface area contributed by atoms with Gasteiger partial charge in [0.1, 0.15) is 0 Å². The molecule has 1 aromatic rings. The van der Waals surface area contributed by atoms with E-state index in [0.717, 1.165) is 107 Å². The molecule has 0 aliphatic heterocycles. The first-order chi connectivity index (χ1) is 17.0. The fourth-order valence-corrected chi connectivity index (χ4v) is 4.27. The van der Waals surface area contributed by atoms with Crippen molar-refractivity contribution in [1.82, 2.24) is 0 Å². The van der Waals surface area contributed by atoms with Gasteiger partial charge in [0.15, 0.2) is 11.5 Å². The summed E-state index contributed by atoms with van der Waals surface area (Å²) in [6, 6.07) is 0. The second kappa shape index (κ2) is 19.1. The molecular weight excluding hydrogens is 444 g/mol. The van der Waals surface area contributed by atoms with Crippen LogP contribution in [0.1, 0.15) is 129 Å². The Balaban J connectivity index is 3.48. The minimum atomic E-state index is -1.47. The molecule has 0 fully saturated rings. The van der Waals surface area contributed by atoms with E-state index in [1.807, 2.05) is 0 Å². The summed E-state index contributed by atoms with van der Waals surface area (Å²) >= 11 is 0. The predicted molar refractivity (Wildman–Crippen MR) is 142 cm³/mol. The third-order valence-electron chi connectivity index (χ3n) is 6.29. The minimum Gasteiger partial charge on any atom is -0.504 e. The van der Waals surface area contributed by atoms with Gasteiger partial charge >= 0.3 is 6.16 Å². The number of rotatable bonds is 21. The van der Waals surface area contributed by atoms with E-state index in [1.54, 1.807) is 0 Å². The van der Waals surface area contributed by atoms with Crippen molar-refractivity contribution in [3.63, 3.8) is 0 Å². The van der Waals surface area contributed by atoms with Crippen molar-refractivity contribution in [2.24, 2.45) is 0 Å². The molecule has 0 bridgehead atoms. The molecule has 0 aliphatic carbocycles. The van der Waals surface area contributed by atoms with Crippen molar-refractivity contribution in [1.29, 1.82) is 0 Å². The van der Waals surface area contributed by atoms with Gasteiger partial charge in [0, 0.05) is 11.1 Å². The van der Waals surface area contributed by atoms with Crippen LogP contribution in [0.2, 0.25) is 0 Å². The highest BCUT2D eigenvalue weighted by atomic mass is 16.7. The van der Waals surface area contributed by atoms with Crippen LogP contribution in [-0.4, -0.2) is 29.6 Å². The number of carboxylic acid groups (broad SMARTS) is 1. The van der Waals surface area contributed by atoms with Crippen LogP contribution in [0.25, 0.3) is 0 Å². The van der Waals surface area contributed by atoms with Gasteiger partial charge in [-0.05, 0) is 38.5 Å². The number of hydrogen-bond donors (Lipinski definition) is 2. The lowest BCUT2D eigenvalue weighted by Gasteiger charge is -2.23. The van der Waals surface area contributed by atoms with Gasteiger partial charge in [-0.15, -0.1) is 0 Å². The number of hydrogen-bond acceptors (Lipinski definition) is 5. The highest BCUT2D eigenvalue weighted by Crippen LogP contribution is 2.50. The number of benzene rings is 1. The molecule has 35 heavy (non-hydrogen) atoms. The van der Waals surface area contributed by atoms with Crippen LogP contribution < -0.4 is 14.2 Å². The fraction of sp³-hybridized carbons (Fsp3) is 0.759. The molecule has 6 heteroatoms. The van der Waals surface area contributed by atoms with Crippen molar-refractivity contribution in [3.8, 4) is 23.0 Å². The molecule has 0 heterocycles. The predicted octanol–water partition coefficient (Wildman–Crippen LogP) is 8.83. The number of ether oxygens (including phenoxy) is 3. The Morgan fingerprint density at radius 1 is 0.600 bits per heavy atom. The Labute approximate surface area is 213 Å². The maximum Gasteiger partial charge on any atom is 0.511 e. The first-order valence-corrected chi connectivity index (χ1v) is 14.1. The van der Waals surface area contributed by atoms with Crippen LogP contribution in [0.4, 0.5) is 4.79 Å². The van der Waals surface area contributed by atoms with Gasteiger partial charge in [0.2, 0.25) is 11.5 Å². The Morgan fingerprint density at radius 3 is 1.54 bits per heavy atom. The Hall–Kier alpha value is -2.11. The molecule has 1 aromatic carbocycles. The maximum absolute atomic E-state index is 11.6. The zero-order valence-electron chi connectivity index (χ0n) is 22.8. The van der Waals surface area contributed by atoms with Gasteiger partial charge < -0.3 is 24.4 Å². The molecule has 0 amide bonds. The van der Waals surface area contributed by atoms with E-state index >= 15 is 0 Å². The summed E-state index contributed by atoms with van der Waals surface area (Å²) in [5.74, 6) is 0.565. The first-order valence-electron chi connectivity index (χ1n) is 14.1. The molecule has 202 valence electrons. The van der Waals surface area contributed by atoms with Crippen LogP contribution in [0, 0.1) is 0 Å². The summed E-state index contributed by atoms with van der Waals surface area (Å²) in [5.41, 5.74) is 1.69. The van der Waals surface area contributed by atoms with E-state index in [1.165, 1.54) is 0 Å². The van der Waals surface area contributed by atoms with Gasteiger partial charge in [-0.3, -0.25) is 0 Å². The molecule has 6 nitrogen and oxygen atoms in total. The molecular formula is C29H50O6. The van der Waals surface area contributed by atoms with E-state index in [-0.39, 0.29) is 17.2 Å². The van der Waals surface area contributed by atoms with Crippen LogP contribution in [-0.2, 0) is 12.8 Å². The van der Waals surface area contributed by atoms with Gasteiger partial charge in [0.25, 0.3) is 0 Å². The molecule has 0 radical (unpaired) electrons. The number of carbonyl (C=O) groups is 1. The topological polar surface area (TPSA) is 85.2 Å². The van der Waals surface area contributed by atoms with Crippen molar-refractivity contribution in [3.05, 3.63) is 11.1 Å². The zero-order valence-corrected chi connectivity index (χ0v) is 22.8. The van der Waals surface area contributed by atoms with E-state index in [9.17, 15) is 15.0 Å². The summed E-state index contributed by atoms with van der Waals surface area (Å²) in [6.07, 6.45) is 14.5. The van der Waals surface area contributed by atoms with Gasteiger partial charge in [-0.25, -0.2) is 4.79 Å². The molecule has 0 aliphatic rings. The van der Waals surface area contributed by atoms with Crippen molar-refractivity contribution in [2.75, 3.05) is 13.2 Å². The zero-order chi connectivity index (χ0) is 25.9. The lowest BCUT2D eigenvalue weighted by atomic mass is 9.94. The summed E-state index contributed by atoms with van der Waals surface area (Å²) in [7, 11) is 0. The molecule has 1 rings (SSSR count). The van der Waals surface area contributed by atoms with Crippen LogP contribution >= 0.6 is 0 Å². The smallest absolute Gasteiger partial charge is 0.504 e. The van der Waals surface area contributed by atoms with Gasteiger partial charge in [-0.1, -0.05) is 91.9 Å². The normalized spacial score (nSPS) is 11.0. The second-order valence-corrected chi connectivity index (χ2v) is 9.39. The molecule has 0 atom stereocenters. The number of phenols is 1. The fourth-order valence-electron chi connectivity index (χ4n) is 4.27. The summed E-state index contributed by atoms with van der Waals surface area (Å²) < 4.78 is 17.6. The van der Waals surface area contributed by atoms with E-state index in [2.05, 4.69) is 27.7 Å². The average molecular weight is 495 g/mol. The standard InChI is InChI=1S/C29H50O6/c1-5-9-13-17-21-33-26-24(20-16-12-8-4)23(19-15-11-7-3)25(30)27(35-29(31)32)28(26)34-22-18-14-10-6-2/h30H,5-22H2,1-4H3,(H,31,32). The second-order valence-electron chi connectivity index (χ2n) is 9.39. The molecule has 2 N–H and O–H groups in total. The first kappa shape index (κ1) is 30.9. The Bertz CT molecular complexity index is 716. The monoisotopic (exact) mass is 494 g/mol. The lowest BCUT2D eigenvalue weighted by Crippen LogP contribution is -2.12. The molecule has 0 spiro atoms. The molecule has 0 unspecified atom stereocenters. The van der Waals surface area contributed by atoms with Crippen molar-refractivity contribution in [2.45, 2.75) is 130 Å². The highest BCUT2D eigenvalue weighted by molar-refractivity contribution is 5.72. The Kier molecular flexibility index (Phi) is 16.9. The van der Waals surface area contributed by atoms with Crippen LogP contribution in [0.5, 0.6) is 23.0 Å². The minimum absolute atomic E-state index is 0.114. The number of phenolic OH excluding ortho intramolecular Hbond substituents is 1. The van der Waals surface area contributed by atoms with E-state index in [4.69, 9.17) is 14.2 Å². The summed E-state index contributed by atoms with van der Waals surface area (Å²) in [5, 5.41) is 20.7. The summed E-state index contributed by atoms with van der Waals surface area (Å²) in [4.78, 5) is 11.6. The highest BCUT2D eigenvalue weighted by Gasteiger charge is 2.28. The largest absolute Gasteiger partial charge is 0.511 e.